The number of aliphatic hydroxyl groups excluding tert-OH is 1. The van der Waals surface area contributed by atoms with E-state index < -0.39 is 6.10 Å². The molecule has 0 saturated heterocycles. The first kappa shape index (κ1) is 10.6. The van der Waals surface area contributed by atoms with Gasteiger partial charge < -0.3 is 9.84 Å². The summed E-state index contributed by atoms with van der Waals surface area (Å²) in [6.45, 7) is 0.477. The smallest absolute Gasteiger partial charge is 0.126 e. The van der Waals surface area contributed by atoms with Gasteiger partial charge >= 0.3 is 0 Å². The van der Waals surface area contributed by atoms with E-state index in [-0.39, 0.29) is 4.83 Å². The Morgan fingerprint density at radius 1 is 1.57 bits per heavy atom. The third-order valence-corrected chi connectivity index (χ3v) is 3.87. The molecule has 0 amide bonds. The molecule has 0 bridgehead atoms. The molecule has 2 atom stereocenters. The molecule has 1 aliphatic heterocycles. The van der Waals surface area contributed by atoms with Crippen molar-refractivity contribution in [3.05, 3.63) is 23.8 Å². The minimum absolute atomic E-state index is 0.0375. The Labute approximate surface area is 99.2 Å². The van der Waals surface area contributed by atoms with Crippen molar-refractivity contribution in [1.29, 1.82) is 0 Å². The maximum absolute atomic E-state index is 9.83. The number of rotatable bonds is 1. The summed E-state index contributed by atoms with van der Waals surface area (Å²) in [6, 6.07) is 5.56. The zero-order valence-corrected chi connectivity index (χ0v) is 10.3. The summed E-state index contributed by atoms with van der Waals surface area (Å²) in [6.07, 6.45) is -0.506. The summed E-state index contributed by atoms with van der Waals surface area (Å²) in [5.41, 5.74) is 0.813. The van der Waals surface area contributed by atoms with Crippen LogP contribution in [-0.4, -0.2) is 16.5 Å². The Morgan fingerprint density at radius 2 is 2.36 bits per heavy atom. The molecule has 2 unspecified atom stereocenters. The SMILES string of the molecule is OC1c2ccc(SCl)cc2OCC1Br. The molecule has 5 heteroatoms. The van der Waals surface area contributed by atoms with Crippen molar-refractivity contribution in [3.63, 3.8) is 0 Å². The third-order valence-electron chi connectivity index (χ3n) is 2.13. The summed E-state index contributed by atoms with van der Waals surface area (Å²) in [4.78, 5) is 0.884. The minimum atomic E-state index is -0.506. The van der Waals surface area contributed by atoms with E-state index >= 15 is 0 Å². The molecule has 76 valence electrons. The Hall–Kier alpha value is 0.1000. The normalized spacial score (nSPS) is 25.4. The first-order chi connectivity index (χ1) is 6.72. The fourth-order valence-electron chi connectivity index (χ4n) is 1.39. The van der Waals surface area contributed by atoms with Crippen molar-refractivity contribution in [3.8, 4) is 5.75 Å². The zero-order valence-electron chi connectivity index (χ0n) is 7.11. The van der Waals surface area contributed by atoms with Crippen LogP contribution >= 0.6 is 37.6 Å². The molecular formula is C9H8BrClO2S. The van der Waals surface area contributed by atoms with Gasteiger partial charge in [0.25, 0.3) is 0 Å². The lowest BCUT2D eigenvalue weighted by atomic mass is 10.0. The van der Waals surface area contributed by atoms with E-state index in [2.05, 4.69) is 15.9 Å². The lowest BCUT2D eigenvalue weighted by Crippen LogP contribution is -2.25. The average Bonchev–Trinajstić information content (AvgIpc) is 2.23. The maximum Gasteiger partial charge on any atom is 0.126 e. The van der Waals surface area contributed by atoms with Crippen LogP contribution in [0, 0.1) is 0 Å². The molecule has 2 rings (SSSR count). The Balaban J connectivity index is 2.38. The fraction of sp³-hybridized carbons (Fsp3) is 0.333. The van der Waals surface area contributed by atoms with E-state index in [1.165, 1.54) is 0 Å². The Morgan fingerprint density at radius 3 is 3.07 bits per heavy atom. The lowest BCUT2D eigenvalue weighted by Gasteiger charge is -2.26. The van der Waals surface area contributed by atoms with Gasteiger partial charge in [-0.05, 0) is 33.8 Å². The van der Waals surface area contributed by atoms with Crippen molar-refractivity contribution in [2.24, 2.45) is 0 Å². The number of hydrogen-bond donors (Lipinski definition) is 1. The van der Waals surface area contributed by atoms with Crippen molar-refractivity contribution >= 4 is 37.6 Å². The highest BCUT2D eigenvalue weighted by molar-refractivity contribution is 9.09. The van der Waals surface area contributed by atoms with Gasteiger partial charge in [0.1, 0.15) is 12.4 Å². The monoisotopic (exact) mass is 294 g/mol. The largest absolute Gasteiger partial charge is 0.492 e. The quantitative estimate of drug-likeness (QED) is 0.807. The second-order valence-electron chi connectivity index (χ2n) is 3.05. The van der Waals surface area contributed by atoms with Crippen LogP contribution in [0.4, 0.5) is 0 Å². The minimum Gasteiger partial charge on any atom is -0.492 e. The van der Waals surface area contributed by atoms with E-state index in [0.717, 1.165) is 27.2 Å². The second-order valence-corrected chi connectivity index (χ2v) is 5.31. The van der Waals surface area contributed by atoms with Crippen LogP contribution in [0.2, 0.25) is 0 Å². The molecule has 2 nitrogen and oxygen atoms in total. The van der Waals surface area contributed by atoms with Crippen molar-refractivity contribution in [2.45, 2.75) is 15.8 Å². The maximum atomic E-state index is 9.83. The molecule has 1 aliphatic rings. The molecule has 0 saturated carbocycles. The molecule has 1 aromatic carbocycles. The number of fused-ring (bicyclic) bond motifs is 1. The highest BCUT2D eigenvalue weighted by Crippen LogP contribution is 2.38. The summed E-state index contributed by atoms with van der Waals surface area (Å²) in [5, 5.41) is 9.83. The molecule has 1 heterocycles. The highest BCUT2D eigenvalue weighted by Gasteiger charge is 2.27. The lowest BCUT2D eigenvalue weighted by molar-refractivity contribution is 0.125. The molecule has 1 N–H and O–H groups in total. The van der Waals surface area contributed by atoms with Gasteiger partial charge in [0.05, 0.1) is 10.9 Å². The molecule has 0 aromatic heterocycles. The van der Waals surface area contributed by atoms with Crippen molar-refractivity contribution < 1.29 is 9.84 Å². The molecular weight excluding hydrogens is 288 g/mol. The predicted molar refractivity (Wildman–Crippen MR) is 61.3 cm³/mol. The standard InChI is InChI=1S/C9H8BrClO2S/c10-7-4-13-8-3-5(14-11)1-2-6(8)9(7)12/h1-3,7,9,12H,4H2. The summed E-state index contributed by atoms with van der Waals surface area (Å²) >= 11 is 3.35. The van der Waals surface area contributed by atoms with E-state index in [0.29, 0.717) is 6.61 Å². The van der Waals surface area contributed by atoms with E-state index in [1.54, 1.807) is 0 Å². The number of ether oxygens (including phenoxy) is 1. The molecule has 0 fully saturated rings. The summed E-state index contributed by atoms with van der Waals surface area (Å²) < 4.78 is 5.47. The number of halogens is 2. The third kappa shape index (κ3) is 1.89. The first-order valence-corrected chi connectivity index (χ1v) is 6.65. The van der Waals surface area contributed by atoms with Crippen LogP contribution in [0.15, 0.2) is 23.1 Å². The van der Waals surface area contributed by atoms with Crippen LogP contribution < -0.4 is 4.74 Å². The Bertz CT molecular complexity index is 348. The summed E-state index contributed by atoms with van der Waals surface area (Å²) in [5.74, 6) is 0.721. The van der Waals surface area contributed by atoms with Gasteiger partial charge in [-0.15, -0.1) is 0 Å². The van der Waals surface area contributed by atoms with Crippen LogP contribution in [-0.2, 0) is 0 Å². The van der Waals surface area contributed by atoms with Gasteiger partial charge in [-0.2, -0.15) is 0 Å². The van der Waals surface area contributed by atoms with Crippen LogP contribution in [0.3, 0.4) is 0 Å². The zero-order chi connectivity index (χ0) is 10.1. The van der Waals surface area contributed by atoms with E-state index in [1.807, 2.05) is 18.2 Å². The van der Waals surface area contributed by atoms with Crippen molar-refractivity contribution in [2.75, 3.05) is 6.61 Å². The first-order valence-electron chi connectivity index (χ1n) is 4.10. The van der Waals surface area contributed by atoms with Gasteiger partial charge in [-0.3, -0.25) is 0 Å². The van der Waals surface area contributed by atoms with Gasteiger partial charge in [0, 0.05) is 10.5 Å². The molecule has 0 spiro atoms. The van der Waals surface area contributed by atoms with Gasteiger partial charge in [0.15, 0.2) is 0 Å². The van der Waals surface area contributed by atoms with Gasteiger partial charge in [-0.25, -0.2) is 0 Å². The van der Waals surface area contributed by atoms with Gasteiger partial charge in [0.2, 0.25) is 0 Å². The Kier molecular flexibility index (Phi) is 3.27. The van der Waals surface area contributed by atoms with E-state index in [4.69, 9.17) is 15.4 Å². The fourth-order valence-corrected chi connectivity index (χ4v) is 2.36. The molecule has 14 heavy (non-hydrogen) atoms. The predicted octanol–water partition coefficient (Wildman–Crippen LogP) is 3.12. The number of aliphatic hydroxyl groups is 1. The number of hydrogen-bond acceptors (Lipinski definition) is 3. The van der Waals surface area contributed by atoms with Crippen LogP contribution in [0.25, 0.3) is 0 Å². The topological polar surface area (TPSA) is 29.5 Å². The van der Waals surface area contributed by atoms with Crippen LogP contribution in [0.5, 0.6) is 5.75 Å². The molecule has 0 aliphatic carbocycles. The highest BCUT2D eigenvalue weighted by atomic mass is 79.9. The van der Waals surface area contributed by atoms with Gasteiger partial charge in [-0.1, -0.05) is 22.0 Å². The molecule has 0 radical (unpaired) electrons. The van der Waals surface area contributed by atoms with Crippen LogP contribution in [0.1, 0.15) is 11.7 Å². The number of benzene rings is 1. The van der Waals surface area contributed by atoms with Crippen molar-refractivity contribution in [1.82, 2.24) is 0 Å². The second kappa shape index (κ2) is 4.31. The average molecular weight is 296 g/mol. The number of alkyl halides is 1. The molecule has 1 aromatic rings. The van der Waals surface area contributed by atoms with E-state index in [9.17, 15) is 5.11 Å². The summed E-state index contributed by atoms with van der Waals surface area (Å²) in [7, 11) is 6.77.